The fourth-order valence-corrected chi connectivity index (χ4v) is 2.16. The van der Waals surface area contributed by atoms with Crippen LogP contribution in [0.2, 0.25) is 0 Å². The van der Waals surface area contributed by atoms with Gasteiger partial charge in [0, 0.05) is 6.07 Å². The minimum atomic E-state index is -1.25. The number of rotatable bonds is 7. The number of benzene rings is 1. The predicted molar refractivity (Wildman–Crippen MR) is 77.4 cm³/mol. The van der Waals surface area contributed by atoms with Crippen molar-refractivity contribution in [2.24, 2.45) is 5.73 Å². The summed E-state index contributed by atoms with van der Waals surface area (Å²) in [6.07, 6.45) is 1.14. The molecule has 0 aliphatic rings. The summed E-state index contributed by atoms with van der Waals surface area (Å²) >= 11 is 0. The number of aliphatic carboxylic acids is 1. The Hall–Kier alpha value is -1.75. The highest BCUT2D eigenvalue weighted by molar-refractivity contribution is 5.77. The Kier molecular flexibility index (Phi) is 5.39. The topological polar surface area (TPSA) is 81.8 Å². The van der Waals surface area contributed by atoms with Gasteiger partial charge in [-0.1, -0.05) is 6.92 Å². The van der Waals surface area contributed by atoms with E-state index in [4.69, 9.17) is 20.3 Å². The monoisotopic (exact) mass is 281 g/mol. The zero-order valence-corrected chi connectivity index (χ0v) is 12.5. The quantitative estimate of drug-likeness (QED) is 0.802. The molecule has 5 heteroatoms. The van der Waals surface area contributed by atoms with Crippen LogP contribution in [0.15, 0.2) is 18.2 Å². The summed E-state index contributed by atoms with van der Waals surface area (Å²) in [7, 11) is 3.17. The largest absolute Gasteiger partial charge is 0.497 e. The van der Waals surface area contributed by atoms with E-state index in [1.54, 1.807) is 20.3 Å². The highest BCUT2D eigenvalue weighted by Crippen LogP contribution is 2.33. The third-order valence-electron chi connectivity index (χ3n) is 3.50. The van der Waals surface area contributed by atoms with Gasteiger partial charge in [0.15, 0.2) is 0 Å². The Morgan fingerprint density at radius 3 is 2.15 bits per heavy atom. The molecule has 0 spiro atoms. The second-order valence-corrected chi connectivity index (χ2v) is 5.18. The van der Waals surface area contributed by atoms with Crippen molar-refractivity contribution in [2.75, 3.05) is 14.2 Å². The summed E-state index contributed by atoms with van der Waals surface area (Å²) in [6, 6.07) is 5.58. The number of carbonyl (C=O) groups is 1. The first-order valence-electron chi connectivity index (χ1n) is 6.59. The van der Waals surface area contributed by atoms with Gasteiger partial charge in [0.25, 0.3) is 0 Å². The van der Waals surface area contributed by atoms with Crippen molar-refractivity contribution < 1.29 is 19.4 Å². The van der Waals surface area contributed by atoms with E-state index in [0.29, 0.717) is 17.9 Å². The highest BCUT2D eigenvalue weighted by atomic mass is 16.5. The minimum absolute atomic E-state index is 0.0325. The van der Waals surface area contributed by atoms with E-state index in [1.807, 2.05) is 19.1 Å². The molecule has 0 radical (unpaired) electrons. The number of methoxy groups -OCH3 is 2. The van der Waals surface area contributed by atoms with Gasteiger partial charge in [-0.2, -0.15) is 0 Å². The van der Waals surface area contributed by atoms with Crippen LogP contribution in [0.5, 0.6) is 11.5 Å². The standard InChI is InChI=1S/C15H23NO4/c1-5-10(9-15(2,16)14(17)18)11-6-12(19-3)8-13(7-11)20-4/h6-8,10H,5,9,16H2,1-4H3,(H,17,18). The van der Waals surface area contributed by atoms with Gasteiger partial charge in [-0.3, -0.25) is 4.79 Å². The Balaban J connectivity index is 3.08. The van der Waals surface area contributed by atoms with Crippen LogP contribution in [-0.2, 0) is 4.79 Å². The molecule has 0 saturated heterocycles. The van der Waals surface area contributed by atoms with Crippen molar-refractivity contribution in [3.63, 3.8) is 0 Å². The summed E-state index contributed by atoms with van der Waals surface area (Å²) in [5.74, 6) is 0.412. The molecule has 0 heterocycles. The maximum atomic E-state index is 11.2. The molecule has 0 fully saturated rings. The molecule has 2 unspecified atom stereocenters. The van der Waals surface area contributed by atoms with Gasteiger partial charge in [0.2, 0.25) is 0 Å². The van der Waals surface area contributed by atoms with Crippen molar-refractivity contribution in [3.05, 3.63) is 23.8 Å². The molecule has 0 saturated carbocycles. The summed E-state index contributed by atoms with van der Waals surface area (Å²) in [5, 5.41) is 9.16. The smallest absolute Gasteiger partial charge is 0.323 e. The molecular formula is C15H23NO4. The second kappa shape index (κ2) is 6.61. The van der Waals surface area contributed by atoms with E-state index in [1.165, 1.54) is 6.92 Å². The molecule has 0 aromatic heterocycles. The Morgan fingerprint density at radius 2 is 1.80 bits per heavy atom. The summed E-state index contributed by atoms with van der Waals surface area (Å²) in [4.78, 5) is 11.2. The van der Waals surface area contributed by atoms with Crippen LogP contribution in [0.3, 0.4) is 0 Å². The average Bonchev–Trinajstić information content (AvgIpc) is 2.43. The predicted octanol–water partition coefficient (Wildman–Crippen LogP) is 2.39. The van der Waals surface area contributed by atoms with Gasteiger partial charge in [0.1, 0.15) is 17.0 Å². The van der Waals surface area contributed by atoms with Crippen molar-refractivity contribution >= 4 is 5.97 Å². The number of hydrogen-bond donors (Lipinski definition) is 2. The maximum Gasteiger partial charge on any atom is 0.323 e. The van der Waals surface area contributed by atoms with Gasteiger partial charge in [-0.05, 0) is 43.4 Å². The van der Waals surface area contributed by atoms with Crippen LogP contribution in [0.4, 0.5) is 0 Å². The molecule has 0 aliphatic carbocycles. The molecule has 0 aliphatic heterocycles. The van der Waals surface area contributed by atoms with Crippen LogP contribution in [0, 0.1) is 0 Å². The molecule has 20 heavy (non-hydrogen) atoms. The lowest BCUT2D eigenvalue weighted by Crippen LogP contribution is -2.45. The molecule has 112 valence electrons. The van der Waals surface area contributed by atoms with E-state index in [-0.39, 0.29) is 5.92 Å². The number of carboxylic acids is 1. The van der Waals surface area contributed by atoms with Gasteiger partial charge in [-0.25, -0.2) is 0 Å². The Morgan fingerprint density at radius 1 is 1.30 bits per heavy atom. The van der Waals surface area contributed by atoms with E-state index in [2.05, 4.69) is 0 Å². The molecule has 1 aromatic carbocycles. The number of carboxylic acid groups (broad SMARTS) is 1. The fourth-order valence-electron chi connectivity index (χ4n) is 2.16. The summed E-state index contributed by atoms with van der Waals surface area (Å²) in [6.45, 7) is 3.55. The van der Waals surface area contributed by atoms with E-state index < -0.39 is 11.5 Å². The molecule has 5 nitrogen and oxygen atoms in total. The van der Waals surface area contributed by atoms with Crippen molar-refractivity contribution in [2.45, 2.75) is 38.1 Å². The molecule has 3 N–H and O–H groups in total. The molecule has 0 bridgehead atoms. The number of ether oxygens (including phenoxy) is 2. The van der Waals surface area contributed by atoms with Crippen LogP contribution < -0.4 is 15.2 Å². The lowest BCUT2D eigenvalue weighted by molar-refractivity contribution is -0.143. The zero-order valence-electron chi connectivity index (χ0n) is 12.5. The van der Waals surface area contributed by atoms with E-state index in [0.717, 1.165) is 12.0 Å². The third kappa shape index (κ3) is 3.87. The van der Waals surface area contributed by atoms with Crippen molar-refractivity contribution in [1.82, 2.24) is 0 Å². The van der Waals surface area contributed by atoms with Gasteiger partial charge >= 0.3 is 5.97 Å². The minimum Gasteiger partial charge on any atom is -0.497 e. The lowest BCUT2D eigenvalue weighted by Gasteiger charge is -2.26. The first-order chi connectivity index (χ1) is 9.33. The molecule has 1 rings (SSSR count). The molecule has 1 aromatic rings. The van der Waals surface area contributed by atoms with Crippen LogP contribution in [-0.4, -0.2) is 30.8 Å². The molecule has 0 amide bonds. The van der Waals surface area contributed by atoms with Gasteiger partial charge < -0.3 is 20.3 Å². The zero-order chi connectivity index (χ0) is 15.3. The number of nitrogens with two attached hydrogens (primary N) is 1. The van der Waals surface area contributed by atoms with Crippen molar-refractivity contribution in [3.8, 4) is 11.5 Å². The maximum absolute atomic E-state index is 11.2. The SMILES string of the molecule is CCC(CC(C)(N)C(=O)O)c1cc(OC)cc(OC)c1. The molecular weight excluding hydrogens is 258 g/mol. The summed E-state index contributed by atoms with van der Waals surface area (Å²) in [5.41, 5.74) is 5.57. The second-order valence-electron chi connectivity index (χ2n) is 5.18. The first kappa shape index (κ1) is 16.3. The van der Waals surface area contributed by atoms with Crippen LogP contribution in [0.1, 0.15) is 38.2 Å². The summed E-state index contributed by atoms with van der Waals surface area (Å²) < 4.78 is 10.5. The van der Waals surface area contributed by atoms with E-state index >= 15 is 0 Å². The fraction of sp³-hybridized carbons (Fsp3) is 0.533. The Bertz CT molecular complexity index is 449. The third-order valence-corrected chi connectivity index (χ3v) is 3.50. The van der Waals surface area contributed by atoms with Crippen molar-refractivity contribution in [1.29, 1.82) is 0 Å². The lowest BCUT2D eigenvalue weighted by atomic mass is 9.83. The first-order valence-corrected chi connectivity index (χ1v) is 6.59. The van der Waals surface area contributed by atoms with Crippen LogP contribution in [0.25, 0.3) is 0 Å². The van der Waals surface area contributed by atoms with E-state index in [9.17, 15) is 4.79 Å². The van der Waals surface area contributed by atoms with Crippen LogP contribution >= 0.6 is 0 Å². The number of hydrogen-bond acceptors (Lipinski definition) is 4. The molecule has 2 atom stereocenters. The highest BCUT2D eigenvalue weighted by Gasteiger charge is 2.31. The average molecular weight is 281 g/mol. The normalized spacial score (nSPS) is 15.2. The Labute approximate surface area is 119 Å². The van der Waals surface area contributed by atoms with Gasteiger partial charge in [0.05, 0.1) is 14.2 Å². The van der Waals surface area contributed by atoms with Gasteiger partial charge in [-0.15, -0.1) is 0 Å².